The van der Waals surface area contributed by atoms with Crippen LogP contribution in [0.2, 0.25) is 10.0 Å². The molecule has 104 valence electrons. The fourth-order valence-corrected chi connectivity index (χ4v) is 2.79. The van der Waals surface area contributed by atoms with Crippen LogP contribution >= 0.6 is 23.2 Å². The molecule has 3 nitrogen and oxygen atoms in total. The highest BCUT2D eigenvalue weighted by Gasteiger charge is 2.47. The minimum atomic E-state index is -0.360. The summed E-state index contributed by atoms with van der Waals surface area (Å²) in [6.45, 7) is 3.88. The third-order valence-corrected chi connectivity index (χ3v) is 4.66. The first-order valence-corrected chi connectivity index (χ1v) is 6.98. The summed E-state index contributed by atoms with van der Waals surface area (Å²) in [4.78, 5) is 12.0. The van der Waals surface area contributed by atoms with Gasteiger partial charge in [-0.05, 0) is 24.1 Å². The number of carbonyl (C=O) groups excluding carboxylic acids is 1. The molecule has 1 fully saturated rings. The molecular weight excluding hydrogens is 285 g/mol. The van der Waals surface area contributed by atoms with E-state index in [1.807, 2.05) is 13.8 Å². The Morgan fingerprint density at radius 1 is 1.42 bits per heavy atom. The Labute approximate surface area is 122 Å². The third-order valence-electron chi connectivity index (χ3n) is 3.95. The van der Waals surface area contributed by atoms with E-state index in [4.69, 9.17) is 23.2 Å². The van der Waals surface area contributed by atoms with E-state index in [0.29, 0.717) is 22.0 Å². The van der Waals surface area contributed by atoms with Crippen molar-refractivity contribution in [3.63, 3.8) is 0 Å². The van der Waals surface area contributed by atoms with E-state index < -0.39 is 0 Å². The van der Waals surface area contributed by atoms with Crippen LogP contribution in [0, 0.1) is 5.41 Å². The van der Waals surface area contributed by atoms with E-state index in [-0.39, 0.29) is 29.9 Å². The van der Waals surface area contributed by atoms with Gasteiger partial charge in [-0.2, -0.15) is 0 Å². The molecule has 0 saturated heterocycles. The monoisotopic (exact) mass is 301 g/mol. The van der Waals surface area contributed by atoms with Crippen LogP contribution in [0.3, 0.4) is 0 Å². The molecular formula is C14H17Cl2NO2. The number of nitrogens with one attached hydrogen (secondary N) is 1. The Morgan fingerprint density at radius 2 is 2.00 bits per heavy atom. The van der Waals surface area contributed by atoms with Crippen molar-refractivity contribution in [1.82, 2.24) is 5.32 Å². The van der Waals surface area contributed by atoms with Crippen LogP contribution in [0.15, 0.2) is 18.2 Å². The van der Waals surface area contributed by atoms with Crippen molar-refractivity contribution in [3.05, 3.63) is 33.8 Å². The zero-order chi connectivity index (χ0) is 14.2. The molecule has 1 aliphatic rings. The normalized spacial score (nSPS) is 24.7. The average Bonchev–Trinajstić information content (AvgIpc) is 2.34. The summed E-state index contributed by atoms with van der Waals surface area (Å²) < 4.78 is 0. The molecule has 2 rings (SSSR count). The van der Waals surface area contributed by atoms with Crippen LogP contribution in [0.1, 0.15) is 25.8 Å². The molecule has 1 aromatic carbocycles. The second-order valence-electron chi connectivity index (χ2n) is 5.57. The van der Waals surface area contributed by atoms with Gasteiger partial charge in [0.15, 0.2) is 0 Å². The van der Waals surface area contributed by atoms with Crippen LogP contribution in [0.5, 0.6) is 0 Å². The fraction of sp³-hybridized carbons (Fsp3) is 0.500. The molecule has 0 spiro atoms. The lowest BCUT2D eigenvalue weighted by Crippen LogP contribution is -2.61. The second kappa shape index (κ2) is 5.31. The van der Waals surface area contributed by atoms with Crippen molar-refractivity contribution < 1.29 is 9.90 Å². The Bertz CT molecular complexity index is 482. The van der Waals surface area contributed by atoms with E-state index in [1.54, 1.807) is 18.2 Å². The van der Waals surface area contributed by atoms with Gasteiger partial charge in [0.1, 0.15) is 0 Å². The summed E-state index contributed by atoms with van der Waals surface area (Å²) in [7, 11) is 0. The molecule has 0 bridgehead atoms. The molecule has 19 heavy (non-hydrogen) atoms. The van der Waals surface area contributed by atoms with Crippen LogP contribution in [-0.2, 0) is 11.2 Å². The number of aliphatic hydroxyl groups excluding tert-OH is 1. The maximum absolute atomic E-state index is 12.0. The number of rotatable bonds is 3. The summed E-state index contributed by atoms with van der Waals surface area (Å²) in [6, 6.07) is 5.17. The van der Waals surface area contributed by atoms with Gasteiger partial charge in [0.05, 0.1) is 12.5 Å². The topological polar surface area (TPSA) is 49.3 Å². The molecule has 1 amide bonds. The fourth-order valence-electron chi connectivity index (χ4n) is 2.25. The average molecular weight is 302 g/mol. The summed E-state index contributed by atoms with van der Waals surface area (Å²) in [5, 5.41) is 13.6. The lowest BCUT2D eigenvalue weighted by molar-refractivity contribution is -0.128. The predicted octanol–water partition coefficient (Wildman–Crippen LogP) is 2.81. The SMILES string of the molecule is CC1(C)C(O)CC1NC(=O)Cc1c(Cl)cccc1Cl. The van der Waals surface area contributed by atoms with Gasteiger partial charge in [-0.3, -0.25) is 4.79 Å². The van der Waals surface area contributed by atoms with E-state index in [9.17, 15) is 9.90 Å². The van der Waals surface area contributed by atoms with Crippen molar-refractivity contribution in [2.24, 2.45) is 5.41 Å². The van der Waals surface area contributed by atoms with E-state index in [0.717, 1.165) is 0 Å². The van der Waals surface area contributed by atoms with Crippen molar-refractivity contribution >= 4 is 29.1 Å². The number of carbonyl (C=O) groups is 1. The molecule has 0 aliphatic heterocycles. The van der Waals surface area contributed by atoms with Crippen LogP contribution < -0.4 is 5.32 Å². The molecule has 1 saturated carbocycles. The Morgan fingerprint density at radius 3 is 2.47 bits per heavy atom. The van der Waals surface area contributed by atoms with Gasteiger partial charge in [-0.25, -0.2) is 0 Å². The summed E-state index contributed by atoms with van der Waals surface area (Å²) >= 11 is 12.1. The number of hydrogen-bond donors (Lipinski definition) is 2. The van der Waals surface area contributed by atoms with Crippen molar-refractivity contribution in [1.29, 1.82) is 0 Å². The molecule has 1 aromatic rings. The van der Waals surface area contributed by atoms with Crippen molar-refractivity contribution in [2.45, 2.75) is 38.8 Å². The molecule has 5 heteroatoms. The maximum atomic E-state index is 12.0. The van der Waals surface area contributed by atoms with E-state index in [1.165, 1.54) is 0 Å². The standard InChI is InChI=1S/C14H17Cl2NO2/c1-14(2)11(7-12(14)18)17-13(19)6-8-9(15)4-3-5-10(8)16/h3-5,11-12,18H,6-7H2,1-2H3,(H,17,19). The molecule has 0 aromatic heterocycles. The lowest BCUT2D eigenvalue weighted by Gasteiger charge is -2.49. The lowest BCUT2D eigenvalue weighted by atomic mass is 9.64. The summed E-state index contributed by atoms with van der Waals surface area (Å²) in [6.07, 6.45) is 0.387. The molecule has 1 aliphatic carbocycles. The van der Waals surface area contributed by atoms with E-state index >= 15 is 0 Å². The quantitative estimate of drug-likeness (QED) is 0.902. The van der Waals surface area contributed by atoms with Gasteiger partial charge in [0, 0.05) is 21.5 Å². The first kappa shape index (κ1) is 14.6. The van der Waals surface area contributed by atoms with Gasteiger partial charge in [-0.15, -0.1) is 0 Å². The molecule has 2 unspecified atom stereocenters. The minimum Gasteiger partial charge on any atom is -0.392 e. The first-order chi connectivity index (χ1) is 8.82. The van der Waals surface area contributed by atoms with E-state index in [2.05, 4.69) is 5.32 Å². The molecule has 2 N–H and O–H groups in total. The summed E-state index contributed by atoms with van der Waals surface area (Å²) in [5.74, 6) is -0.125. The third kappa shape index (κ3) is 2.88. The van der Waals surface area contributed by atoms with Crippen LogP contribution in [0.4, 0.5) is 0 Å². The zero-order valence-electron chi connectivity index (χ0n) is 10.9. The van der Waals surface area contributed by atoms with Gasteiger partial charge in [0.25, 0.3) is 0 Å². The highest BCUT2D eigenvalue weighted by molar-refractivity contribution is 6.36. The summed E-state index contributed by atoms with van der Waals surface area (Å²) in [5.41, 5.74) is 0.362. The van der Waals surface area contributed by atoms with Gasteiger partial charge in [0.2, 0.25) is 5.91 Å². The smallest absolute Gasteiger partial charge is 0.224 e. The first-order valence-electron chi connectivity index (χ1n) is 6.22. The Hall–Kier alpha value is -0.770. The number of aliphatic hydroxyl groups is 1. The predicted molar refractivity (Wildman–Crippen MR) is 76.5 cm³/mol. The van der Waals surface area contributed by atoms with Crippen molar-refractivity contribution in [3.8, 4) is 0 Å². The number of hydrogen-bond acceptors (Lipinski definition) is 2. The zero-order valence-corrected chi connectivity index (χ0v) is 12.4. The number of benzene rings is 1. The Kier molecular flexibility index (Phi) is 4.09. The van der Waals surface area contributed by atoms with Crippen LogP contribution in [0.25, 0.3) is 0 Å². The Balaban J connectivity index is 1.99. The highest BCUT2D eigenvalue weighted by atomic mass is 35.5. The second-order valence-corrected chi connectivity index (χ2v) is 6.38. The van der Waals surface area contributed by atoms with Crippen LogP contribution in [-0.4, -0.2) is 23.2 Å². The largest absolute Gasteiger partial charge is 0.392 e. The minimum absolute atomic E-state index is 0.00346. The number of halogens is 2. The molecule has 0 heterocycles. The molecule has 2 atom stereocenters. The van der Waals surface area contributed by atoms with Gasteiger partial charge >= 0.3 is 0 Å². The highest BCUT2D eigenvalue weighted by Crippen LogP contribution is 2.40. The molecule has 0 radical (unpaired) electrons. The number of amides is 1. The maximum Gasteiger partial charge on any atom is 0.224 e. The van der Waals surface area contributed by atoms with Gasteiger partial charge in [-0.1, -0.05) is 43.1 Å². The van der Waals surface area contributed by atoms with Crippen molar-refractivity contribution in [2.75, 3.05) is 0 Å². The van der Waals surface area contributed by atoms with Gasteiger partial charge < -0.3 is 10.4 Å².